The predicted molar refractivity (Wildman–Crippen MR) is 49.0 cm³/mol. The number of methoxy groups -OCH3 is 1. The molecule has 0 N–H and O–H groups in total. The van der Waals surface area contributed by atoms with E-state index >= 15 is 0 Å². The second kappa shape index (κ2) is 7.10. The van der Waals surface area contributed by atoms with Crippen LogP contribution in [0.4, 0.5) is 0 Å². The Bertz CT molecular complexity index is 120. The van der Waals surface area contributed by atoms with Crippen LogP contribution in [0.15, 0.2) is 0 Å². The summed E-state index contributed by atoms with van der Waals surface area (Å²) in [6.45, 7) is 6.07. The highest BCUT2D eigenvalue weighted by molar-refractivity contribution is 5.77. The summed E-state index contributed by atoms with van der Waals surface area (Å²) in [7, 11) is 1.55. The fourth-order valence-electron chi connectivity index (χ4n) is 1.18. The van der Waals surface area contributed by atoms with Crippen LogP contribution in [0, 0.1) is 0 Å². The van der Waals surface area contributed by atoms with E-state index in [2.05, 4.69) is 0 Å². The van der Waals surface area contributed by atoms with E-state index in [-0.39, 0.29) is 12.5 Å². The predicted octanol–water partition coefficient (Wildman–Crippen LogP) is 1.28. The summed E-state index contributed by atoms with van der Waals surface area (Å²) < 4.78 is 4.72. The van der Waals surface area contributed by atoms with Crippen molar-refractivity contribution in [1.82, 2.24) is 4.90 Å². The van der Waals surface area contributed by atoms with E-state index in [0.717, 1.165) is 25.9 Å². The van der Waals surface area contributed by atoms with Crippen LogP contribution in [0.3, 0.4) is 0 Å². The first-order valence-electron chi connectivity index (χ1n) is 4.61. The van der Waals surface area contributed by atoms with E-state index in [4.69, 9.17) is 4.74 Å². The topological polar surface area (TPSA) is 29.5 Å². The first-order valence-corrected chi connectivity index (χ1v) is 4.61. The van der Waals surface area contributed by atoms with E-state index in [9.17, 15) is 4.79 Å². The lowest BCUT2D eigenvalue weighted by Crippen LogP contribution is -2.30. The van der Waals surface area contributed by atoms with Gasteiger partial charge in [-0.3, -0.25) is 4.79 Å². The molecule has 0 radical (unpaired) electrons. The van der Waals surface area contributed by atoms with Crippen LogP contribution >= 0.6 is 0 Å². The van der Waals surface area contributed by atoms with Gasteiger partial charge in [0.05, 0.1) is 0 Å². The molecule has 0 unspecified atom stereocenters. The second-order valence-electron chi connectivity index (χ2n) is 2.52. The van der Waals surface area contributed by atoms with Gasteiger partial charge in [0.1, 0.15) is 6.61 Å². The molecule has 1 aliphatic heterocycles. The average Bonchev–Trinajstić information content (AvgIpc) is 2.60. The van der Waals surface area contributed by atoms with Gasteiger partial charge in [-0.25, -0.2) is 0 Å². The third kappa shape index (κ3) is 3.72. The number of carbonyl (C=O) groups is 1. The number of ether oxygens (including phenoxy) is 1. The maximum Gasteiger partial charge on any atom is 0.248 e. The molecule has 0 aliphatic carbocycles. The van der Waals surface area contributed by atoms with E-state index < -0.39 is 0 Å². The minimum absolute atomic E-state index is 0.125. The number of hydrogen-bond acceptors (Lipinski definition) is 2. The van der Waals surface area contributed by atoms with E-state index in [1.807, 2.05) is 18.7 Å². The molecule has 1 fully saturated rings. The summed E-state index contributed by atoms with van der Waals surface area (Å²) in [4.78, 5) is 12.9. The van der Waals surface area contributed by atoms with Crippen molar-refractivity contribution in [2.75, 3.05) is 26.8 Å². The third-order valence-corrected chi connectivity index (χ3v) is 1.73. The van der Waals surface area contributed by atoms with Crippen LogP contribution in [-0.2, 0) is 9.53 Å². The van der Waals surface area contributed by atoms with E-state index in [1.165, 1.54) is 0 Å². The van der Waals surface area contributed by atoms with Gasteiger partial charge in [0, 0.05) is 20.2 Å². The van der Waals surface area contributed by atoms with Crippen LogP contribution in [0.25, 0.3) is 0 Å². The van der Waals surface area contributed by atoms with Crippen molar-refractivity contribution in [1.29, 1.82) is 0 Å². The molecule has 12 heavy (non-hydrogen) atoms. The molecule has 1 saturated heterocycles. The first-order chi connectivity index (χ1) is 5.84. The highest BCUT2D eigenvalue weighted by Gasteiger charge is 2.16. The Kier molecular flexibility index (Phi) is 6.76. The van der Waals surface area contributed by atoms with Gasteiger partial charge in [0.25, 0.3) is 0 Å². The SMILES string of the molecule is CC.COCC(=O)N1CCCC1. The maximum absolute atomic E-state index is 11.0. The lowest BCUT2D eigenvalue weighted by Gasteiger charge is -2.13. The van der Waals surface area contributed by atoms with Crippen LogP contribution in [0.5, 0.6) is 0 Å². The summed E-state index contributed by atoms with van der Waals surface area (Å²) in [6.07, 6.45) is 2.30. The molecule has 0 aromatic heterocycles. The third-order valence-electron chi connectivity index (χ3n) is 1.73. The summed E-state index contributed by atoms with van der Waals surface area (Å²) in [5.74, 6) is 0.125. The standard InChI is InChI=1S/C7H13NO2.C2H6/c1-10-6-7(9)8-4-2-3-5-8;1-2/h2-6H2,1H3;1-2H3. The van der Waals surface area contributed by atoms with Gasteiger partial charge >= 0.3 is 0 Å². The molecule has 3 heteroatoms. The fourth-order valence-corrected chi connectivity index (χ4v) is 1.18. The molecule has 1 amide bonds. The van der Waals surface area contributed by atoms with Gasteiger partial charge in [-0.05, 0) is 12.8 Å². The molecule has 0 saturated carbocycles. The van der Waals surface area contributed by atoms with Crippen molar-refractivity contribution < 1.29 is 9.53 Å². The second-order valence-corrected chi connectivity index (χ2v) is 2.52. The number of carbonyl (C=O) groups excluding carboxylic acids is 1. The quantitative estimate of drug-likeness (QED) is 0.629. The van der Waals surface area contributed by atoms with Crippen molar-refractivity contribution in [2.45, 2.75) is 26.7 Å². The van der Waals surface area contributed by atoms with Gasteiger partial charge in [0.15, 0.2) is 0 Å². The Hall–Kier alpha value is -0.570. The monoisotopic (exact) mass is 173 g/mol. The van der Waals surface area contributed by atoms with Crippen molar-refractivity contribution in [3.63, 3.8) is 0 Å². The molecular formula is C9H19NO2. The van der Waals surface area contributed by atoms with Crippen molar-refractivity contribution in [3.05, 3.63) is 0 Å². The Morgan fingerprint density at radius 2 is 1.83 bits per heavy atom. The normalized spacial score (nSPS) is 15.4. The zero-order valence-corrected chi connectivity index (χ0v) is 8.30. The maximum atomic E-state index is 11.0. The molecule has 1 rings (SSSR count). The molecule has 0 aromatic carbocycles. The van der Waals surface area contributed by atoms with E-state index in [0.29, 0.717) is 0 Å². The molecule has 0 spiro atoms. The van der Waals surface area contributed by atoms with Gasteiger partial charge in [-0.2, -0.15) is 0 Å². The highest BCUT2D eigenvalue weighted by atomic mass is 16.5. The van der Waals surface area contributed by atoms with Crippen LogP contribution in [0.2, 0.25) is 0 Å². The molecule has 3 nitrogen and oxygen atoms in total. The van der Waals surface area contributed by atoms with Gasteiger partial charge in [-0.15, -0.1) is 0 Å². The Morgan fingerprint density at radius 1 is 1.33 bits per heavy atom. The Morgan fingerprint density at radius 3 is 2.25 bits per heavy atom. The average molecular weight is 173 g/mol. The van der Waals surface area contributed by atoms with Crippen LogP contribution in [0.1, 0.15) is 26.7 Å². The largest absolute Gasteiger partial charge is 0.375 e. The molecular weight excluding hydrogens is 154 g/mol. The zero-order chi connectivity index (χ0) is 9.40. The number of nitrogens with zero attached hydrogens (tertiary/aromatic N) is 1. The molecule has 1 aliphatic rings. The lowest BCUT2D eigenvalue weighted by atomic mass is 10.4. The highest BCUT2D eigenvalue weighted by Crippen LogP contribution is 2.06. The smallest absolute Gasteiger partial charge is 0.248 e. The molecule has 0 bridgehead atoms. The Labute approximate surface area is 74.7 Å². The number of hydrogen-bond donors (Lipinski definition) is 0. The van der Waals surface area contributed by atoms with Crippen molar-refractivity contribution in [2.24, 2.45) is 0 Å². The summed E-state index contributed by atoms with van der Waals surface area (Å²) >= 11 is 0. The summed E-state index contributed by atoms with van der Waals surface area (Å²) in [5.41, 5.74) is 0. The summed E-state index contributed by atoms with van der Waals surface area (Å²) in [6, 6.07) is 0. The van der Waals surface area contributed by atoms with Crippen LogP contribution < -0.4 is 0 Å². The lowest BCUT2D eigenvalue weighted by molar-refractivity contribution is -0.134. The number of rotatable bonds is 2. The molecule has 0 atom stereocenters. The minimum atomic E-state index is 0.125. The Balaban J connectivity index is 0.000000561. The van der Waals surface area contributed by atoms with Crippen LogP contribution in [-0.4, -0.2) is 37.6 Å². The fraction of sp³-hybridized carbons (Fsp3) is 0.889. The molecule has 0 aromatic rings. The zero-order valence-electron chi connectivity index (χ0n) is 8.30. The van der Waals surface area contributed by atoms with Gasteiger partial charge in [0.2, 0.25) is 5.91 Å². The van der Waals surface area contributed by atoms with Crippen molar-refractivity contribution in [3.8, 4) is 0 Å². The van der Waals surface area contributed by atoms with Gasteiger partial charge < -0.3 is 9.64 Å². The molecule has 1 heterocycles. The first kappa shape index (κ1) is 11.4. The van der Waals surface area contributed by atoms with Crippen molar-refractivity contribution >= 4 is 5.91 Å². The number of likely N-dealkylation sites (tertiary alicyclic amines) is 1. The van der Waals surface area contributed by atoms with Gasteiger partial charge in [-0.1, -0.05) is 13.8 Å². The molecule has 72 valence electrons. The number of amides is 1. The minimum Gasteiger partial charge on any atom is -0.375 e. The summed E-state index contributed by atoms with van der Waals surface area (Å²) in [5, 5.41) is 0. The van der Waals surface area contributed by atoms with E-state index in [1.54, 1.807) is 7.11 Å².